The summed E-state index contributed by atoms with van der Waals surface area (Å²) in [4.78, 5) is 10.9. The highest BCUT2D eigenvalue weighted by Gasteiger charge is 2.20. The van der Waals surface area contributed by atoms with Gasteiger partial charge in [0, 0.05) is 13.7 Å². The van der Waals surface area contributed by atoms with Crippen LogP contribution in [0.4, 0.5) is 0 Å². The smallest absolute Gasteiger partial charge is 0.335 e. The summed E-state index contributed by atoms with van der Waals surface area (Å²) >= 11 is 0. The Kier molecular flexibility index (Phi) is 5.04. The lowest BCUT2D eigenvalue weighted by molar-refractivity contribution is 0.0695. The molecule has 0 saturated heterocycles. The normalized spacial score (nSPS) is 13.2. The van der Waals surface area contributed by atoms with Crippen LogP contribution in [0.2, 0.25) is 0 Å². The predicted octanol–water partition coefficient (Wildman–Crippen LogP) is 1.01. The fraction of sp³-hybridized carbons (Fsp3) is 0.417. The molecule has 0 aliphatic rings. The summed E-state index contributed by atoms with van der Waals surface area (Å²) < 4.78 is 31.5. The zero-order valence-corrected chi connectivity index (χ0v) is 11.8. The lowest BCUT2D eigenvalue weighted by Gasteiger charge is -2.13. The van der Waals surface area contributed by atoms with E-state index in [1.807, 2.05) is 0 Å². The average Bonchev–Trinajstić information content (AvgIpc) is 2.35. The first-order valence-corrected chi connectivity index (χ1v) is 7.13. The quantitative estimate of drug-likeness (QED) is 0.814. The zero-order chi connectivity index (χ0) is 14.6. The first-order chi connectivity index (χ1) is 8.79. The molecule has 6 nitrogen and oxygen atoms in total. The molecule has 0 amide bonds. The lowest BCUT2D eigenvalue weighted by Crippen LogP contribution is -2.32. The number of rotatable bonds is 6. The van der Waals surface area contributed by atoms with E-state index >= 15 is 0 Å². The SMILES string of the molecule is COC(C)CNS(=O)(=O)c1cccc(C(=O)O)c1C. The second-order valence-electron chi connectivity index (χ2n) is 4.13. The third-order valence-corrected chi connectivity index (χ3v) is 4.34. The largest absolute Gasteiger partial charge is 0.478 e. The van der Waals surface area contributed by atoms with Crippen LogP contribution >= 0.6 is 0 Å². The topological polar surface area (TPSA) is 92.7 Å². The van der Waals surface area contributed by atoms with Gasteiger partial charge in [-0.15, -0.1) is 0 Å². The maximum Gasteiger partial charge on any atom is 0.335 e. The molecule has 1 atom stereocenters. The third-order valence-electron chi connectivity index (χ3n) is 2.77. The molecular weight excluding hydrogens is 270 g/mol. The number of sulfonamides is 1. The van der Waals surface area contributed by atoms with Crippen molar-refractivity contribution in [1.82, 2.24) is 4.72 Å². The molecule has 0 spiro atoms. The standard InChI is InChI=1S/C12H17NO5S/c1-8(18-3)7-13-19(16,17)11-6-4-5-10(9(11)2)12(14)15/h4-6,8,13H,7H2,1-3H3,(H,14,15). The minimum Gasteiger partial charge on any atom is -0.478 e. The summed E-state index contributed by atoms with van der Waals surface area (Å²) in [6.45, 7) is 3.32. The van der Waals surface area contributed by atoms with Crippen LogP contribution in [0.15, 0.2) is 23.1 Å². The second-order valence-corrected chi connectivity index (χ2v) is 5.87. The van der Waals surface area contributed by atoms with Crippen LogP contribution < -0.4 is 4.72 Å². The molecule has 0 heterocycles. The Morgan fingerprint density at radius 2 is 2.11 bits per heavy atom. The number of hydrogen-bond acceptors (Lipinski definition) is 4. The van der Waals surface area contributed by atoms with Crippen molar-refractivity contribution in [3.05, 3.63) is 29.3 Å². The van der Waals surface area contributed by atoms with E-state index < -0.39 is 16.0 Å². The minimum absolute atomic E-state index is 0.0253. The predicted molar refractivity (Wildman–Crippen MR) is 69.8 cm³/mol. The molecule has 106 valence electrons. The maximum atomic E-state index is 12.1. The first-order valence-electron chi connectivity index (χ1n) is 5.65. The third kappa shape index (κ3) is 3.76. The summed E-state index contributed by atoms with van der Waals surface area (Å²) in [6.07, 6.45) is -0.266. The van der Waals surface area contributed by atoms with E-state index in [0.29, 0.717) is 0 Å². The number of benzene rings is 1. The summed E-state index contributed by atoms with van der Waals surface area (Å²) in [5.74, 6) is -1.15. The molecular formula is C12H17NO5S. The Morgan fingerprint density at radius 1 is 1.47 bits per heavy atom. The van der Waals surface area contributed by atoms with E-state index in [2.05, 4.69) is 4.72 Å². The maximum absolute atomic E-state index is 12.1. The molecule has 1 aromatic carbocycles. The molecule has 1 unspecified atom stereocenters. The molecule has 7 heteroatoms. The number of ether oxygens (including phenoxy) is 1. The van der Waals surface area contributed by atoms with E-state index in [-0.39, 0.29) is 28.7 Å². The summed E-state index contributed by atoms with van der Waals surface area (Å²) in [5, 5.41) is 8.98. The summed E-state index contributed by atoms with van der Waals surface area (Å²) in [6, 6.07) is 4.15. The molecule has 0 aromatic heterocycles. The number of carboxylic acid groups (broad SMARTS) is 1. The fourth-order valence-corrected chi connectivity index (χ4v) is 2.91. The highest BCUT2D eigenvalue weighted by Crippen LogP contribution is 2.18. The number of nitrogens with one attached hydrogen (secondary N) is 1. The van der Waals surface area contributed by atoms with E-state index in [9.17, 15) is 13.2 Å². The van der Waals surface area contributed by atoms with Gasteiger partial charge in [0.25, 0.3) is 0 Å². The van der Waals surface area contributed by atoms with Gasteiger partial charge in [-0.05, 0) is 31.5 Å². The Hall–Kier alpha value is -1.44. The van der Waals surface area contributed by atoms with Crippen molar-refractivity contribution in [1.29, 1.82) is 0 Å². The van der Waals surface area contributed by atoms with Crippen molar-refractivity contribution < 1.29 is 23.1 Å². The number of methoxy groups -OCH3 is 1. The molecule has 1 rings (SSSR count). The molecule has 0 aliphatic heterocycles. The van der Waals surface area contributed by atoms with Crippen LogP contribution in [-0.4, -0.2) is 39.3 Å². The zero-order valence-electron chi connectivity index (χ0n) is 11.0. The van der Waals surface area contributed by atoms with Gasteiger partial charge in [0.15, 0.2) is 0 Å². The van der Waals surface area contributed by atoms with E-state index in [4.69, 9.17) is 9.84 Å². The van der Waals surface area contributed by atoms with Crippen LogP contribution in [0.5, 0.6) is 0 Å². The van der Waals surface area contributed by atoms with E-state index in [1.54, 1.807) is 6.92 Å². The van der Waals surface area contributed by atoms with Gasteiger partial charge >= 0.3 is 5.97 Å². The van der Waals surface area contributed by atoms with Crippen LogP contribution in [0, 0.1) is 6.92 Å². The molecule has 19 heavy (non-hydrogen) atoms. The first kappa shape index (κ1) is 15.6. The molecule has 0 fully saturated rings. The van der Waals surface area contributed by atoms with E-state index in [1.165, 1.54) is 32.2 Å². The number of carboxylic acids is 1. The summed E-state index contributed by atoms with van der Waals surface area (Å²) in [5.41, 5.74) is 0.190. The lowest BCUT2D eigenvalue weighted by atomic mass is 10.1. The van der Waals surface area contributed by atoms with Crippen molar-refractivity contribution in [2.45, 2.75) is 24.8 Å². The van der Waals surface area contributed by atoms with Gasteiger partial charge in [-0.3, -0.25) is 0 Å². The average molecular weight is 287 g/mol. The van der Waals surface area contributed by atoms with Crippen molar-refractivity contribution in [3.63, 3.8) is 0 Å². The van der Waals surface area contributed by atoms with Gasteiger partial charge in [0.1, 0.15) is 0 Å². The van der Waals surface area contributed by atoms with Crippen LogP contribution in [0.25, 0.3) is 0 Å². The van der Waals surface area contributed by atoms with Gasteiger partial charge in [-0.25, -0.2) is 17.9 Å². The molecule has 2 N–H and O–H groups in total. The van der Waals surface area contributed by atoms with Gasteiger partial charge in [-0.1, -0.05) is 6.07 Å². The molecule has 0 radical (unpaired) electrons. The monoisotopic (exact) mass is 287 g/mol. The van der Waals surface area contributed by atoms with Gasteiger partial charge in [-0.2, -0.15) is 0 Å². The number of aromatic carboxylic acids is 1. The molecule has 0 bridgehead atoms. The van der Waals surface area contributed by atoms with E-state index in [0.717, 1.165) is 0 Å². The fourth-order valence-electron chi connectivity index (χ4n) is 1.53. The van der Waals surface area contributed by atoms with Crippen LogP contribution in [-0.2, 0) is 14.8 Å². The van der Waals surface area contributed by atoms with Crippen molar-refractivity contribution in [2.75, 3.05) is 13.7 Å². The van der Waals surface area contributed by atoms with Crippen molar-refractivity contribution >= 4 is 16.0 Å². The van der Waals surface area contributed by atoms with Gasteiger partial charge in [0.2, 0.25) is 10.0 Å². The molecule has 1 aromatic rings. The Bertz CT molecular complexity index is 567. The minimum atomic E-state index is -3.75. The van der Waals surface area contributed by atoms with Gasteiger partial charge < -0.3 is 9.84 Å². The van der Waals surface area contributed by atoms with Crippen molar-refractivity contribution in [2.24, 2.45) is 0 Å². The Labute approximate surface area is 112 Å². The molecule has 0 saturated carbocycles. The Morgan fingerprint density at radius 3 is 2.63 bits per heavy atom. The van der Waals surface area contributed by atoms with Crippen molar-refractivity contribution in [3.8, 4) is 0 Å². The van der Waals surface area contributed by atoms with Gasteiger partial charge in [0.05, 0.1) is 16.6 Å². The molecule has 0 aliphatic carbocycles. The highest BCUT2D eigenvalue weighted by atomic mass is 32.2. The second kappa shape index (κ2) is 6.14. The van der Waals surface area contributed by atoms with Crippen LogP contribution in [0.3, 0.4) is 0 Å². The summed E-state index contributed by atoms with van der Waals surface area (Å²) in [7, 11) is -2.26. The Balaban J connectivity index is 3.09. The number of hydrogen-bond donors (Lipinski definition) is 2. The number of carbonyl (C=O) groups is 1. The van der Waals surface area contributed by atoms with Crippen LogP contribution in [0.1, 0.15) is 22.8 Å². The highest BCUT2D eigenvalue weighted by molar-refractivity contribution is 7.89.